The van der Waals surface area contributed by atoms with E-state index in [-0.39, 0.29) is 11.9 Å². The second kappa shape index (κ2) is 6.65. The number of benzene rings is 2. The van der Waals surface area contributed by atoms with Gasteiger partial charge in [0.25, 0.3) is 0 Å². The third-order valence-electron chi connectivity index (χ3n) is 4.87. The normalized spacial score (nSPS) is 19.8. The van der Waals surface area contributed by atoms with Crippen LogP contribution in [-0.2, 0) is 17.8 Å². The van der Waals surface area contributed by atoms with E-state index in [1.54, 1.807) is 0 Å². The van der Waals surface area contributed by atoms with Gasteiger partial charge in [-0.3, -0.25) is 9.69 Å². The van der Waals surface area contributed by atoms with Gasteiger partial charge in [-0.25, -0.2) is 0 Å². The molecule has 124 valence electrons. The molecule has 0 unspecified atom stereocenters. The lowest BCUT2D eigenvalue weighted by atomic mass is 9.99. The number of amides is 1. The molecule has 2 heterocycles. The number of ether oxygens (including phenoxy) is 1. The highest BCUT2D eigenvalue weighted by Crippen LogP contribution is 2.31. The summed E-state index contributed by atoms with van der Waals surface area (Å²) in [4.78, 5) is 14.7. The molecule has 2 aromatic carbocycles. The Morgan fingerprint density at radius 3 is 2.83 bits per heavy atom. The summed E-state index contributed by atoms with van der Waals surface area (Å²) in [6.45, 7) is 2.90. The number of hydrogen-bond acceptors (Lipinski definition) is 3. The molecule has 4 nitrogen and oxygen atoms in total. The maximum absolute atomic E-state index is 12.5. The lowest BCUT2D eigenvalue weighted by Gasteiger charge is -2.30. The van der Waals surface area contributed by atoms with Gasteiger partial charge in [0.15, 0.2) is 0 Å². The molecule has 2 aliphatic heterocycles. The molecule has 1 N–H and O–H groups in total. The lowest BCUT2D eigenvalue weighted by Crippen LogP contribution is -2.41. The highest BCUT2D eigenvalue weighted by Gasteiger charge is 2.24. The van der Waals surface area contributed by atoms with Gasteiger partial charge in [0.2, 0.25) is 5.91 Å². The smallest absolute Gasteiger partial charge is 0.234 e. The first-order chi connectivity index (χ1) is 11.8. The molecule has 4 heteroatoms. The molecule has 0 fully saturated rings. The third-order valence-corrected chi connectivity index (χ3v) is 4.87. The minimum Gasteiger partial charge on any atom is -0.493 e. The minimum absolute atomic E-state index is 0.0551. The van der Waals surface area contributed by atoms with Gasteiger partial charge < -0.3 is 10.1 Å². The van der Waals surface area contributed by atoms with Crippen LogP contribution in [0.1, 0.15) is 29.2 Å². The van der Waals surface area contributed by atoms with Crippen LogP contribution in [0.4, 0.5) is 0 Å². The van der Waals surface area contributed by atoms with Crippen molar-refractivity contribution in [2.75, 3.05) is 19.7 Å². The van der Waals surface area contributed by atoms with Gasteiger partial charge in [0.05, 0.1) is 19.2 Å². The maximum atomic E-state index is 12.5. The van der Waals surface area contributed by atoms with Crippen molar-refractivity contribution in [1.82, 2.24) is 10.2 Å². The second-order valence-electron chi connectivity index (χ2n) is 6.52. The largest absolute Gasteiger partial charge is 0.493 e. The molecule has 1 amide bonds. The maximum Gasteiger partial charge on any atom is 0.234 e. The average molecular weight is 322 g/mol. The molecule has 2 aliphatic rings. The summed E-state index contributed by atoms with van der Waals surface area (Å²) in [6.07, 6.45) is 1.84. The van der Waals surface area contributed by atoms with Crippen LogP contribution in [0.5, 0.6) is 5.75 Å². The Hall–Kier alpha value is -2.33. The molecule has 0 spiro atoms. The van der Waals surface area contributed by atoms with Crippen LogP contribution in [-0.4, -0.2) is 30.5 Å². The van der Waals surface area contributed by atoms with Crippen LogP contribution in [0, 0.1) is 0 Å². The van der Waals surface area contributed by atoms with Crippen molar-refractivity contribution in [2.24, 2.45) is 0 Å². The summed E-state index contributed by atoms with van der Waals surface area (Å²) in [6, 6.07) is 16.5. The summed E-state index contributed by atoms with van der Waals surface area (Å²) in [5.41, 5.74) is 3.83. The van der Waals surface area contributed by atoms with E-state index in [1.807, 2.05) is 24.3 Å². The van der Waals surface area contributed by atoms with E-state index in [9.17, 15) is 4.79 Å². The van der Waals surface area contributed by atoms with E-state index >= 15 is 0 Å². The van der Waals surface area contributed by atoms with Gasteiger partial charge in [-0.2, -0.15) is 0 Å². The Morgan fingerprint density at radius 1 is 1.12 bits per heavy atom. The van der Waals surface area contributed by atoms with Gasteiger partial charge in [0.1, 0.15) is 5.75 Å². The van der Waals surface area contributed by atoms with Gasteiger partial charge in [-0.05, 0) is 23.6 Å². The van der Waals surface area contributed by atoms with Gasteiger partial charge in [-0.1, -0.05) is 42.5 Å². The molecule has 0 aromatic heterocycles. The zero-order chi connectivity index (χ0) is 16.4. The lowest BCUT2D eigenvalue weighted by molar-refractivity contribution is -0.123. The topological polar surface area (TPSA) is 41.6 Å². The fraction of sp³-hybridized carbons (Fsp3) is 0.350. The highest BCUT2D eigenvalue weighted by atomic mass is 16.5. The van der Waals surface area contributed by atoms with Crippen LogP contribution >= 0.6 is 0 Å². The summed E-state index contributed by atoms with van der Waals surface area (Å²) in [7, 11) is 0. The van der Waals surface area contributed by atoms with Crippen molar-refractivity contribution in [3.63, 3.8) is 0 Å². The van der Waals surface area contributed by atoms with Gasteiger partial charge in [-0.15, -0.1) is 0 Å². The van der Waals surface area contributed by atoms with Crippen molar-refractivity contribution in [2.45, 2.75) is 25.4 Å². The third kappa shape index (κ3) is 3.15. The standard InChI is InChI=1S/C20H22N2O2/c23-20(14-22-11-9-15-5-1-2-6-16(15)13-22)21-18-10-12-24-19-8-4-3-7-17(18)19/h1-8,18H,9-14H2,(H,21,23)/t18-/m1/s1. The van der Waals surface area contributed by atoms with Gasteiger partial charge in [0, 0.05) is 25.1 Å². The van der Waals surface area contributed by atoms with E-state index in [2.05, 4.69) is 34.5 Å². The zero-order valence-corrected chi connectivity index (χ0v) is 13.7. The van der Waals surface area contributed by atoms with Crippen LogP contribution in [0.3, 0.4) is 0 Å². The minimum atomic E-state index is 0.0551. The Labute approximate surface area is 142 Å². The average Bonchev–Trinajstić information content (AvgIpc) is 2.62. The number of fused-ring (bicyclic) bond motifs is 2. The van der Waals surface area contributed by atoms with Crippen molar-refractivity contribution in [3.8, 4) is 5.75 Å². The number of rotatable bonds is 3. The predicted octanol–water partition coefficient (Wildman–Crippen LogP) is 2.68. The zero-order valence-electron chi connectivity index (χ0n) is 13.7. The molecule has 0 aliphatic carbocycles. The number of nitrogens with one attached hydrogen (secondary N) is 1. The van der Waals surface area contributed by atoms with Gasteiger partial charge >= 0.3 is 0 Å². The summed E-state index contributed by atoms with van der Waals surface area (Å²) >= 11 is 0. The Kier molecular flexibility index (Phi) is 4.22. The summed E-state index contributed by atoms with van der Waals surface area (Å²) < 4.78 is 5.66. The molecular formula is C20H22N2O2. The quantitative estimate of drug-likeness (QED) is 0.945. The number of hydrogen-bond donors (Lipinski definition) is 1. The van der Waals surface area contributed by atoms with Crippen molar-refractivity contribution in [3.05, 3.63) is 65.2 Å². The first kappa shape index (κ1) is 15.2. The van der Waals surface area contributed by atoms with Crippen molar-refractivity contribution < 1.29 is 9.53 Å². The van der Waals surface area contributed by atoms with Crippen LogP contribution < -0.4 is 10.1 Å². The molecule has 2 aromatic rings. The summed E-state index contributed by atoms with van der Waals surface area (Å²) in [5.74, 6) is 0.983. The van der Waals surface area contributed by atoms with Crippen molar-refractivity contribution in [1.29, 1.82) is 0 Å². The number of nitrogens with zero attached hydrogens (tertiary/aromatic N) is 1. The number of para-hydroxylation sites is 1. The van der Waals surface area contributed by atoms with E-state index < -0.39 is 0 Å². The Balaban J connectivity index is 1.38. The van der Waals surface area contributed by atoms with Crippen LogP contribution in [0.15, 0.2) is 48.5 Å². The molecular weight excluding hydrogens is 300 g/mol. The van der Waals surface area contributed by atoms with Crippen LogP contribution in [0.2, 0.25) is 0 Å². The molecule has 0 saturated heterocycles. The monoisotopic (exact) mass is 322 g/mol. The molecule has 4 rings (SSSR count). The van der Waals surface area contributed by atoms with E-state index in [4.69, 9.17) is 4.74 Å². The molecule has 0 radical (unpaired) electrons. The highest BCUT2D eigenvalue weighted by molar-refractivity contribution is 5.78. The second-order valence-corrected chi connectivity index (χ2v) is 6.52. The van der Waals surface area contributed by atoms with Crippen molar-refractivity contribution >= 4 is 5.91 Å². The molecule has 0 bridgehead atoms. The van der Waals surface area contributed by atoms with E-state index in [0.717, 1.165) is 37.2 Å². The van der Waals surface area contributed by atoms with E-state index in [0.29, 0.717) is 13.2 Å². The SMILES string of the molecule is O=C(CN1CCc2ccccc2C1)N[C@@H]1CCOc2ccccc21. The predicted molar refractivity (Wildman–Crippen MR) is 92.9 cm³/mol. The Morgan fingerprint density at radius 2 is 1.92 bits per heavy atom. The first-order valence-electron chi connectivity index (χ1n) is 8.60. The molecule has 1 atom stereocenters. The fourth-order valence-electron chi connectivity index (χ4n) is 3.62. The fourth-order valence-corrected chi connectivity index (χ4v) is 3.62. The summed E-state index contributed by atoms with van der Waals surface area (Å²) in [5, 5.41) is 3.19. The van der Waals surface area contributed by atoms with Crippen LogP contribution in [0.25, 0.3) is 0 Å². The number of carbonyl (C=O) groups excluding carboxylic acids is 1. The first-order valence-corrected chi connectivity index (χ1v) is 8.60. The van der Waals surface area contributed by atoms with E-state index in [1.165, 1.54) is 11.1 Å². The molecule has 0 saturated carbocycles. The molecule has 24 heavy (non-hydrogen) atoms. The number of carbonyl (C=O) groups is 1. The Bertz CT molecular complexity index is 744.